The van der Waals surface area contributed by atoms with E-state index < -0.39 is 0 Å². The van der Waals surface area contributed by atoms with Crippen LogP contribution in [-0.2, 0) is 6.54 Å². The topological polar surface area (TPSA) is 52.6 Å². The van der Waals surface area contributed by atoms with Crippen molar-refractivity contribution in [3.8, 4) is 0 Å². The Morgan fingerprint density at radius 2 is 1.91 bits per heavy atom. The summed E-state index contributed by atoms with van der Waals surface area (Å²) in [6, 6.07) is 7.08. The monoisotopic (exact) mass is 319 g/mol. The maximum Gasteiger partial charge on any atom is 0.191 e. The van der Waals surface area contributed by atoms with Crippen LogP contribution in [0.5, 0.6) is 0 Å². The first kappa shape index (κ1) is 19.4. The SMILES string of the molecule is CCNC(=NCc1ccccn1)NCCCN(C(C)C)C(C)C. The van der Waals surface area contributed by atoms with Crippen molar-refractivity contribution in [1.82, 2.24) is 20.5 Å². The molecule has 0 spiro atoms. The molecule has 0 aliphatic rings. The second-order valence-corrected chi connectivity index (χ2v) is 6.22. The van der Waals surface area contributed by atoms with E-state index in [1.54, 1.807) is 6.20 Å². The van der Waals surface area contributed by atoms with Gasteiger partial charge in [-0.25, -0.2) is 4.99 Å². The highest BCUT2D eigenvalue weighted by atomic mass is 15.2. The predicted molar refractivity (Wildman–Crippen MR) is 98.7 cm³/mol. The molecule has 0 saturated heterocycles. The average molecular weight is 319 g/mol. The molecule has 130 valence electrons. The maximum absolute atomic E-state index is 4.59. The molecule has 1 rings (SSSR count). The standard InChI is InChI=1S/C18H33N5/c1-6-19-18(22-14-17-10-7-8-11-20-17)21-12-9-13-23(15(2)3)16(4)5/h7-8,10-11,15-16H,6,9,12-14H2,1-5H3,(H2,19,21,22). The molecule has 5 heteroatoms. The van der Waals surface area contributed by atoms with Crippen LogP contribution in [0.25, 0.3) is 0 Å². The summed E-state index contributed by atoms with van der Waals surface area (Å²) in [5.74, 6) is 0.860. The van der Waals surface area contributed by atoms with Crippen molar-refractivity contribution >= 4 is 5.96 Å². The van der Waals surface area contributed by atoms with Crippen LogP contribution >= 0.6 is 0 Å². The van der Waals surface area contributed by atoms with E-state index >= 15 is 0 Å². The summed E-state index contributed by atoms with van der Waals surface area (Å²) >= 11 is 0. The van der Waals surface area contributed by atoms with Gasteiger partial charge in [0.05, 0.1) is 12.2 Å². The highest BCUT2D eigenvalue weighted by molar-refractivity contribution is 5.79. The minimum absolute atomic E-state index is 0.584. The predicted octanol–water partition coefficient (Wildman–Crippen LogP) is 2.65. The first-order chi connectivity index (χ1) is 11.0. The number of aromatic nitrogens is 1. The Morgan fingerprint density at radius 1 is 1.17 bits per heavy atom. The maximum atomic E-state index is 4.59. The lowest BCUT2D eigenvalue weighted by atomic mass is 10.2. The molecule has 0 amide bonds. The van der Waals surface area contributed by atoms with Crippen molar-refractivity contribution in [1.29, 1.82) is 0 Å². The van der Waals surface area contributed by atoms with Crippen LogP contribution in [0.15, 0.2) is 29.4 Å². The number of aliphatic imine (C=N–C) groups is 1. The molecule has 5 nitrogen and oxygen atoms in total. The first-order valence-electron chi connectivity index (χ1n) is 8.72. The van der Waals surface area contributed by atoms with Gasteiger partial charge >= 0.3 is 0 Å². The smallest absolute Gasteiger partial charge is 0.191 e. The van der Waals surface area contributed by atoms with Crippen molar-refractivity contribution in [3.63, 3.8) is 0 Å². The van der Waals surface area contributed by atoms with E-state index in [2.05, 4.69) is 60.1 Å². The molecule has 0 radical (unpaired) electrons. The fraction of sp³-hybridized carbons (Fsp3) is 0.667. The molecule has 0 unspecified atom stereocenters. The molecule has 1 aromatic rings. The molecule has 0 aliphatic heterocycles. The summed E-state index contributed by atoms with van der Waals surface area (Å²) in [6.45, 7) is 14.6. The van der Waals surface area contributed by atoms with Gasteiger partial charge in [0.1, 0.15) is 0 Å². The Kier molecular flexibility index (Phi) is 9.29. The number of hydrogen-bond donors (Lipinski definition) is 2. The van der Waals surface area contributed by atoms with Crippen LogP contribution in [0.4, 0.5) is 0 Å². The lowest BCUT2D eigenvalue weighted by Crippen LogP contribution is -2.41. The van der Waals surface area contributed by atoms with E-state index in [1.165, 1.54) is 0 Å². The fourth-order valence-electron chi connectivity index (χ4n) is 2.57. The lowest BCUT2D eigenvalue weighted by molar-refractivity contribution is 0.173. The van der Waals surface area contributed by atoms with E-state index in [0.717, 1.165) is 37.7 Å². The van der Waals surface area contributed by atoms with Gasteiger partial charge in [0.15, 0.2) is 5.96 Å². The van der Waals surface area contributed by atoms with Crippen molar-refractivity contribution < 1.29 is 0 Å². The molecular formula is C18H33N5. The number of nitrogens with zero attached hydrogens (tertiary/aromatic N) is 3. The van der Waals surface area contributed by atoms with Crippen molar-refractivity contribution in [2.75, 3.05) is 19.6 Å². The molecule has 0 aromatic carbocycles. The minimum atomic E-state index is 0.584. The van der Waals surface area contributed by atoms with Crippen molar-refractivity contribution in [3.05, 3.63) is 30.1 Å². The minimum Gasteiger partial charge on any atom is -0.357 e. The molecule has 0 bridgehead atoms. The van der Waals surface area contributed by atoms with Gasteiger partial charge in [-0.15, -0.1) is 0 Å². The van der Waals surface area contributed by atoms with Crippen molar-refractivity contribution in [2.45, 2.75) is 59.7 Å². The van der Waals surface area contributed by atoms with Gasteiger partial charge in [-0.2, -0.15) is 0 Å². The van der Waals surface area contributed by atoms with Crippen LogP contribution in [0.2, 0.25) is 0 Å². The molecule has 0 fully saturated rings. The molecule has 0 saturated carbocycles. The number of pyridine rings is 1. The molecule has 0 aliphatic carbocycles. The van der Waals surface area contributed by atoms with Crippen LogP contribution in [-0.4, -0.2) is 47.6 Å². The molecular weight excluding hydrogens is 286 g/mol. The molecule has 0 atom stereocenters. The van der Waals surface area contributed by atoms with Gasteiger partial charge < -0.3 is 10.6 Å². The third-order valence-corrected chi connectivity index (χ3v) is 3.68. The van der Waals surface area contributed by atoms with Crippen LogP contribution in [0, 0.1) is 0 Å². The lowest BCUT2D eigenvalue weighted by Gasteiger charge is -2.30. The normalized spacial score (nSPS) is 12.3. The number of hydrogen-bond acceptors (Lipinski definition) is 3. The zero-order valence-electron chi connectivity index (χ0n) is 15.3. The summed E-state index contributed by atoms with van der Waals surface area (Å²) < 4.78 is 0. The Morgan fingerprint density at radius 3 is 2.48 bits per heavy atom. The third-order valence-electron chi connectivity index (χ3n) is 3.68. The Balaban J connectivity index is 2.41. The summed E-state index contributed by atoms with van der Waals surface area (Å²) in [6.07, 6.45) is 2.90. The van der Waals surface area contributed by atoms with E-state index in [9.17, 15) is 0 Å². The quantitative estimate of drug-likeness (QED) is 0.417. The number of rotatable bonds is 9. The Bertz CT molecular complexity index is 434. The molecule has 2 N–H and O–H groups in total. The van der Waals surface area contributed by atoms with Gasteiger partial charge in [-0.3, -0.25) is 9.88 Å². The van der Waals surface area contributed by atoms with Gasteiger partial charge in [0.25, 0.3) is 0 Å². The van der Waals surface area contributed by atoms with Gasteiger partial charge in [-0.05, 0) is 53.2 Å². The summed E-state index contributed by atoms with van der Waals surface area (Å²) in [5.41, 5.74) is 0.982. The van der Waals surface area contributed by atoms with E-state index in [0.29, 0.717) is 18.6 Å². The number of nitrogens with one attached hydrogen (secondary N) is 2. The highest BCUT2D eigenvalue weighted by Crippen LogP contribution is 2.05. The summed E-state index contributed by atoms with van der Waals surface area (Å²) in [7, 11) is 0. The molecule has 23 heavy (non-hydrogen) atoms. The van der Waals surface area contributed by atoms with Gasteiger partial charge in [0, 0.05) is 37.9 Å². The second-order valence-electron chi connectivity index (χ2n) is 6.22. The third kappa shape index (κ3) is 7.98. The number of guanidine groups is 1. The fourth-order valence-corrected chi connectivity index (χ4v) is 2.57. The average Bonchev–Trinajstić information content (AvgIpc) is 2.52. The molecule has 1 aromatic heterocycles. The summed E-state index contributed by atoms with van der Waals surface area (Å²) in [4.78, 5) is 11.4. The first-order valence-corrected chi connectivity index (χ1v) is 8.72. The van der Waals surface area contributed by atoms with E-state index in [4.69, 9.17) is 0 Å². The van der Waals surface area contributed by atoms with Gasteiger partial charge in [-0.1, -0.05) is 6.07 Å². The highest BCUT2D eigenvalue weighted by Gasteiger charge is 2.12. The second kappa shape index (κ2) is 11.0. The van der Waals surface area contributed by atoms with E-state index in [-0.39, 0.29) is 0 Å². The summed E-state index contributed by atoms with van der Waals surface area (Å²) in [5, 5.41) is 6.69. The largest absolute Gasteiger partial charge is 0.357 e. The van der Waals surface area contributed by atoms with Gasteiger partial charge in [0.2, 0.25) is 0 Å². The van der Waals surface area contributed by atoms with Crippen molar-refractivity contribution in [2.24, 2.45) is 4.99 Å². The van der Waals surface area contributed by atoms with E-state index in [1.807, 2.05) is 18.2 Å². The van der Waals surface area contributed by atoms with Crippen LogP contribution in [0.1, 0.15) is 46.7 Å². The molecule has 1 heterocycles. The zero-order chi connectivity index (χ0) is 17.1. The van der Waals surface area contributed by atoms with Crippen LogP contribution < -0.4 is 10.6 Å². The van der Waals surface area contributed by atoms with Crippen LogP contribution in [0.3, 0.4) is 0 Å². The Hall–Kier alpha value is -1.62. The Labute approximate surface area is 141 Å². The zero-order valence-corrected chi connectivity index (χ0v) is 15.3.